The first kappa shape index (κ1) is 20.2. The van der Waals surface area contributed by atoms with Crippen LogP contribution < -0.4 is 11.1 Å². The summed E-state index contributed by atoms with van der Waals surface area (Å²) in [6.45, 7) is 5.74. The van der Waals surface area contributed by atoms with Crippen molar-refractivity contribution in [2.45, 2.75) is 38.8 Å². The summed E-state index contributed by atoms with van der Waals surface area (Å²) in [5.41, 5.74) is 9.45. The maximum atomic E-state index is 12.4. The molecule has 28 heavy (non-hydrogen) atoms. The Morgan fingerprint density at radius 2 is 1.86 bits per heavy atom. The fourth-order valence-electron chi connectivity index (χ4n) is 2.85. The molecule has 0 aliphatic rings. The molecule has 0 radical (unpaired) electrons. The van der Waals surface area contributed by atoms with Crippen LogP contribution in [-0.4, -0.2) is 32.5 Å². The number of aromatic nitrogens is 3. The standard InChI is InChI=1S/C19H21N5O2S2/c1-10-14(11(2)22-19(21-10)27-9-17(20)25)5-7-18(26)24-13-4-6-15-16(8-13)28-12(3)23-15/h4,6,8H,5,7,9H2,1-3H3,(H2,20,25)(H,24,26). The number of fused-ring (bicyclic) bond motifs is 1. The van der Waals surface area contributed by atoms with Crippen molar-refractivity contribution in [3.05, 3.63) is 40.2 Å². The van der Waals surface area contributed by atoms with Gasteiger partial charge in [-0.05, 0) is 51.0 Å². The number of thioether (sulfide) groups is 1. The van der Waals surface area contributed by atoms with Crippen LogP contribution in [0.1, 0.15) is 28.4 Å². The minimum absolute atomic E-state index is 0.0634. The maximum Gasteiger partial charge on any atom is 0.227 e. The number of carbonyl (C=O) groups is 2. The van der Waals surface area contributed by atoms with Crippen molar-refractivity contribution in [3.63, 3.8) is 0 Å². The number of amides is 2. The van der Waals surface area contributed by atoms with Crippen LogP contribution in [-0.2, 0) is 16.0 Å². The SMILES string of the molecule is Cc1nc2ccc(NC(=O)CCc3c(C)nc(SCC(N)=O)nc3C)cc2s1. The molecule has 0 unspecified atom stereocenters. The summed E-state index contributed by atoms with van der Waals surface area (Å²) in [6.07, 6.45) is 0.880. The number of nitrogens with zero attached hydrogens (tertiary/aromatic N) is 3. The van der Waals surface area contributed by atoms with E-state index in [-0.39, 0.29) is 11.7 Å². The summed E-state index contributed by atoms with van der Waals surface area (Å²) in [5, 5.41) is 4.47. The van der Waals surface area contributed by atoms with Crippen LogP contribution in [0.2, 0.25) is 0 Å². The van der Waals surface area contributed by atoms with Gasteiger partial charge in [0, 0.05) is 23.5 Å². The molecule has 3 aromatic rings. The fraction of sp³-hybridized carbons (Fsp3) is 0.316. The van der Waals surface area contributed by atoms with E-state index in [1.165, 1.54) is 11.8 Å². The summed E-state index contributed by atoms with van der Waals surface area (Å²) in [6, 6.07) is 5.73. The number of rotatable bonds is 7. The first-order chi connectivity index (χ1) is 13.3. The number of nitrogens with one attached hydrogen (secondary N) is 1. The van der Waals surface area contributed by atoms with Crippen LogP contribution in [0, 0.1) is 20.8 Å². The van der Waals surface area contributed by atoms with Crippen LogP contribution in [0.5, 0.6) is 0 Å². The van der Waals surface area contributed by atoms with E-state index in [2.05, 4.69) is 20.3 Å². The third kappa shape index (κ3) is 5.05. The van der Waals surface area contributed by atoms with Gasteiger partial charge in [0.1, 0.15) is 0 Å². The molecule has 0 fully saturated rings. The number of hydrogen-bond donors (Lipinski definition) is 2. The summed E-state index contributed by atoms with van der Waals surface area (Å²) >= 11 is 2.82. The molecule has 1 aromatic carbocycles. The third-order valence-corrected chi connectivity index (χ3v) is 5.93. The van der Waals surface area contributed by atoms with Crippen molar-refractivity contribution >= 4 is 50.8 Å². The molecule has 2 aromatic heterocycles. The number of carbonyl (C=O) groups excluding carboxylic acids is 2. The Morgan fingerprint density at radius 3 is 2.54 bits per heavy atom. The summed E-state index contributed by atoms with van der Waals surface area (Å²) in [5.74, 6) is -0.326. The molecule has 2 amide bonds. The van der Waals surface area contributed by atoms with Gasteiger partial charge in [-0.25, -0.2) is 15.0 Å². The van der Waals surface area contributed by atoms with E-state index in [1.54, 1.807) is 11.3 Å². The van der Waals surface area contributed by atoms with Gasteiger partial charge in [-0.1, -0.05) is 11.8 Å². The highest BCUT2D eigenvalue weighted by Gasteiger charge is 2.12. The number of thiazole rings is 1. The molecule has 2 heterocycles. The quantitative estimate of drug-likeness (QED) is 0.453. The molecule has 0 aliphatic carbocycles. The monoisotopic (exact) mass is 415 g/mol. The smallest absolute Gasteiger partial charge is 0.227 e. The molecule has 7 nitrogen and oxygen atoms in total. The van der Waals surface area contributed by atoms with Gasteiger partial charge < -0.3 is 11.1 Å². The van der Waals surface area contributed by atoms with Gasteiger partial charge in [-0.15, -0.1) is 11.3 Å². The molecule has 0 saturated carbocycles. The summed E-state index contributed by atoms with van der Waals surface area (Å²) in [7, 11) is 0. The molecule has 0 aliphatic heterocycles. The van der Waals surface area contributed by atoms with Crippen molar-refractivity contribution < 1.29 is 9.59 Å². The van der Waals surface area contributed by atoms with Crippen molar-refractivity contribution in [1.29, 1.82) is 0 Å². The van der Waals surface area contributed by atoms with E-state index in [1.807, 2.05) is 39.0 Å². The molecule has 0 atom stereocenters. The van der Waals surface area contributed by atoms with Crippen LogP contribution in [0.15, 0.2) is 23.4 Å². The Morgan fingerprint density at radius 1 is 1.14 bits per heavy atom. The lowest BCUT2D eigenvalue weighted by molar-refractivity contribution is -0.116. The molecular weight excluding hydrogens is 394 g/mol. The topological polar surface area (TPSA) is 111 Å². The minimum Gasteiger partial charge on any atom is -0.369 e. The number of anilines is 1. The molecular formula is C19H21N5O2S2. The highest BCUT2D eigenvalue weighted by atomic mass is 32.2. The average Bonchev–Trinajstić information content (AvgIpc) is 2.98. The summed E-state index contributed by atoms with van der Waals surface area (Å²) < 4.78 is 1.06. The van der Waals surface area contributed by atoms with E-state index >= 15 is 0 Å². The van der Waals surface area contributed by atoms with Crippen molar-refractivity contribution in [2.75, 3.05) is 11.1 Å². The largest absolute Gasteiger partial charge is 0.369 e. The highest BCUT2D eigenvalue weighted by molar-refractivity contribution is 7.99. The van der Waals surface area contributed by atoms with Crippen LogP contribution in [0.3, 0.4) is 0 Å². The first-order valence-corrected chi connectivity index (χ1v) is 10.5. The van der Waals surface area contributed by atoms with E-state index in [4.69, 9.17) is 5.73 Å². The predicted octanol–water partition coefficient (Wildman–Crippen LogP) is 3.16. The Labute approximate surface area is 171 Å². The first-order valence-electron chi connectivity index (χ1n) is 8.74. The minimum atomic E-state index is -0.406. The maximum absolute atomic E-state index is 12.4. The van der Waals surface area contributed by atoms with Gasteiger partial charge in [0.25, 0.3) is 0 Å². The van der Waals surface area contributed by atoms with Gasteiger partial charge in [0.2, 0.25) is 11.8 Å². The lowest BCUT2D eigenvalue weighted by Gasteiger charge is -2.11. The Bertz CT molecular complexity index is 1020. The van der Waals surface area contributed by atoms with Crippen molar-refractivity contribution in [2.24, 2.45) is 5.73 Å². The normalized spacial score (nSPS) is 11.0. The average molecular weight is 416 g/mol. The number of primary amides is 1. The van der Waals surface area contributed by atoms with Crippen LogP contribution in [0.4, 0.5) is 5.69 Å². The zero-order valence-electron chi connectivity index (χ0n) is 15.9. The van der Waals surface area contributed by atoms with Crippen molar-refractivity contribution in [3.8, 4) is 0 Å². The van der Waals surface area contributed by atoms with Gasteiger partial charge in [0.05, 0.1) is 21.0 Å². The van der Waals surface area contributed by atoms with Crippen molar-refractivity contribution in [1.82, 2.24) is 15.0 Å². The molecule has 9 heteroatoms. The molecule has 0 saturated heterocycles. The Hall–Kier alpha value is -2.52. The van der Waals surface area contributed by atoms with E-state index < -0.39 is 5.91 Å². The summed E-state index contributed by atoms with van der Waals surface area (Å²) in [4.78, 5) is 36.5. The van der Waals surface area contributed by atoms with Gasteiger partial charge >= 0.3 is 0 Å². The fourth-order valence-corrected chi connectivity index (χ4v) is 4.39. The van der Waals surface area contributed by atoms with Gasteiger partial charge in [0.15, 0.2) is 5.16 Å². The second-order valence-electron chi connectivity index (χ2n) is 6.37. The van der Waals surface area contributed by atoms with E-state index in [9.17, 15) is 9.59 Å². The zero-order chi connectivity index (χ0) is 20.3. The predicted molar refractivity (Wildman–Crippen MR) is 113 cm³/mol. The Kier molecular flexibility index (Phi) is 6.25. The molecule has 3 N–H and O–H groups in total. The highest BCUT2D eigenvalue weighted by Crippen LogP contribution is 2.25. The number of aryl methyl sites for hydroxylation is 3. The van der Waals surface area contributed by atoms with Crippen LogP contribution in [0.25, 0.3) is 10.2 Å². The van der Waals surface area contributed by atoms with E-state index in [0.29, 0.717) is 18.0 Å². The number of nitrogens with two attached hydrogens (primary N) is 1. The number of benzene rings is 1. The molecule has 3 rings (SSSR count). The van der Waals surface area contributed by atoms with Gasteiger partial charge in [-0.2, -0.15) is 0 Å². The number of hydrogen-bond acceptors (Lipinski definition) is 7. The molecule has 0 bridgehead atoms. The third-order valence-electron chi connectivity index (χ3n) is 4.12. The zero-order valence-corrected chi connectivity index (χ0v) is 17.5. The van der Waals surface area contributed by atoms with Gasteiger partial charge in [-0.3, -0.25) is 9.59 Å². The van der Waals surface area contributed by atoms with Crippen LogP contribution >= 0.6 is 23.1 Å². The Balaban J connectivity index is 1.62. The molecule has 0 spiro atoms. The molecule has 146 valence electrons. The second-order valence-corrected chi connectivity index (χ2v) is 8.55. The lowest BCUT2D eigenvalue weighted by atomic mass is 10.1. The second kappa shape index (κ2) is 8.66. The van der Waals surface area contributed by atoms with E-state index in [0.717, 1.165) is 37.9 Å². The lowest BCUT2D eigenvalue weighted by Crippen LogP contribution is -2.15.